The molecule has 0 radical (unpaired) electrons. The summed E-state index contributed by atoms with van der Waals surface area (Å²) < 4.78 is 5.88. The summed E-state index contributed by atoms with van der Waals surface area (Å²) in [6.07, 6.45) is 7.04. The third kappa shape index (κ3) is 4.64. The van der Waals surface area contributed by atoms with Gasteiger partial charge in [-0.25, -0.2) is 4.79 Å². The highest BCUT2D eigenvalue weighted by Crippen LogP contribution is 2.34. The third-order valence-corrected chi connectivity index (χ3v) is 7.96. The molecular formula is C29H36N2O3. The van der Waals surface area contributed by atoms with Gasteiger partial charge in [-0.3, -0.25) is 0 Å². The van der Waals surface area contributed by atoms with Crippen LogP contribution in [0.4, 0.5) is 0 Å². The molecular weight excluding hydrogens is 424 g/mol. The maximum atomic E-state index is 13.0. The van der Waals surface area contributed by atoms with Crippen molar-refractivity contribution in [1.82, 2.24) is 9.80 Å². The average molecular weight is 461 g/mol. The summed E-state index contributed by atoms with van der Waals surface area (Å²) in [4.78, 5) is 18.0. The number of benzene rings is 2. The summed E-state index contributed by atoms with van der Waals surface area (Å²) in [5, 5.41) is 11.6. The molecule has 5 heteroatoms. The quantitative estimate of drug-likeness (QED) is 0.519. The number of aryl methyl sites for hydroxylation is 1. The van der Waals surface area contributed by atoms with Gasteiger partial charge in [0.15, 0.2) is 0 Å². The van der Waals surface area contributed by atoms with Crippen molar-refractivity contribution in [2.45, 2.75) is 58.0 Å². The minimum Gasteiger partial charge on any atom is -0.507 e. The molecule has 1 aromatic heterocycles. The minimum absolute atomic E-state index is 0.195. The van der Waals surface area contributed by atoms with Crippen molar-refractivity contribution in [3.8, 4) is 5.75 Å². The van der Waals surface area contributed by atoms with Crippen LogP contribution in [0.25, 0.3) is 11.0 Å². The highest BCUT2D eigenvalue weighted by atomic mass is 16.4. The number of nitrogens with zero attached hydrogens (tertiary/aromatic N) is 2. The van der Waals surface area contributed by atoms with Gasteiger partial charge in [0.25, 0.3) is 0 Å². The second-order valence-electron chi connectivity index (χ2n) is 10.3. The molecule has 2 unspecified atom stereocenters. The first kappa shape index (κ1) is 23.1. The van der Waals surface area contributed by atoms with Crippen LogP contribution in [-0.4, -0.2) is 47.6 Å². The number of phenols is 1. The van der Waals surface area contributed by atoms with Crippen LogP contribution in [0.1, 0.15) is 54.4 Å². The molecule has 1 N–H and O–H groups in total. The minimum atomic E-state index is -0.312. The molecule has 3 heterocycles. The summed E-state index contributed by atoms with van der Waals surface area (Å²) >= 11 is 0. The summed E-state index contributed by atoms with van der Waals surface area (Å²) in [7, 11) is 2.12. The summed E-state index contributed by atoms with van der Waals surface area (Å²) in [6, 6.07) is 14.3. The highest BCUT2D eigenvalue weighted by molar-refractivity contribution is 5.85. The first-order valence-corrected chi connectivity index (χ1v) is 12.7. The Labute approximate surface area is 202 Å². The predicted molar refractivity (Wildman–Crippen MR) is 136 cm³/mol. The fourth-order valence-electron chi connectivity index (χ4n) is 6.18. The van der Waals surface area contributed by atoms with E-state index < -0.39 is 0 Å². The van der Waals surface area contributed by atoms with Crippen molar-refractivity contribution < 1.29 is 9.52 Å². The molecule has 3 aromatic rings. The molecule has 2 fully saturated rings. The molecule has 2 aliphatic rings. The fourth-order valence-corrected chi connectivity index (χ4v) is 6.18. The summed E-state index contributed by atoms with van der Waals surface area (Å²) in [5.74, 6) is 0.850. The molecule has 0 amide bonds. The van der Waals surface area contributed by atoms with Gasteiger partial charge in [-0.15, -0.1) is 0 Å². The van der Waals surface area contributed by atoms with Crippen LogP contribution in [0.3, 0.4) is 0 Å². The zero-order valence-corrected chi connectivity index (χ0v) is 20.4. The van der Waals surface area contributed by atoms with Crippen LogP contribution in [-0.2, 0) is 13.0 Å². The van der Waals surface area contributed by atoms with Gasteiger partial charge in [0.1, 0.15) is 11.3 Å². The van der Waals surface area contributed by atoms with Crippen LogP contribution in [0.5, 0.6) is 5.75 Å². The molecule has 2 aliphatic heterocycles. The number of fused-ring (bicyclic) bond motifs is 2. The molecule has 0 bridgehead atoms. The lowest BCUT2D eigenvalue weighted by molar-refractivity contribution is 0.0434. The predicted octanol–water partition coefficient (Wildman–Crippen LogP) is 5.09. The molecule has 0 aliphatic carbocycles. The Hall–Kier alpha value is -2.63. The SMILES string of the molecule is Cc1c(Cc2ccccc2)c(=O)oc2c(CN(C)CC3CCCN4CCCCC34)c(O)ccc12. The number of hydrogen-bond donors (Lipinski definition) is 1. The molecule has 0 spiro atoms. The second kappa shape index (κ2) is 9.93. The van der Waals surface area contributed by atoms with Crippen LogP contribution in [0.15, 0.2) is 51.7 Å². The number of piperidine rings is 2. The van der Waals surface area contributed by atoms with Crippen molar-refractivity contribution in [1.29, 1.82) is 0 Å². The van der Waals surface area contributed by atoms with E-state index in [1.807, 2.05) is 43.3 Å². The van der Waals surface area contributed by atoms with E-state index >= 15 is 0 Å². The Morgan fingerprint density at radius 2 is 1.82 bits per heavy atom. The Morgan fingerprint density at radius 3 is 2.65 bits per heavy atom. The molecule has 0 saturated carbocycles. The summed E-state index contributed by atoms with van der Waals surface area (Å²) in [5.41, 5.74) is 3.62. The maximum Gasteiger partial charge on any atom is 0.340 e. The largest absolute Gasteiger partial charge is 0.507 e. The van der Waals surface area contributed by atoms with Gasteiger partial charge in [-0.1, -0.05) is 36.8 Å². The van der Waals surface area contributed by atoms with Gasteiger partial charge in [0, 0.05) is 36.5 Å². The first-order valence-electron chi connectivity index (χ1n) is 12.7. The first-order chi connectivity index (χ1) is 16.5. The van der Waals surface area contributed by atoms with Crippen molar-refractivity contribution in [3.63, 3.8) is 0 Å². The van der Waals surface area contributed by atoms with E-state index in [0.29, 0.717) is 41.6 Å². The lowest BCUT2D eigenvalue weighted by Crippen LogP contribution is -2.50. The highest BCUT2D eigenvalue weighted by Gasteiger charge is 2.33. The number of aromatic hydroxyl groups is 1. The van der Waals surface area contributed by atoms with Crippen LogP contribution in [0, 0.1) is 12.8 Å². The van der Waals surface area contributed by atoms with E-state index in [9.17, 15) is 9.90 Å². The monoisotopic (exact) mass is 460 g/mol. The molecule has 2 saturated heterocycles. The number of hydrogen-bond acceptors (Lipinski definition) is 5. The van der Waals surface area contributed by atoms with E-state index in [-0.39, 0.29) is 11.4 Å². The van der Waals surface area contributed by atoms with Crippen LogP contribution >= 0.6 is 0 Å². The van der Waals surface area contributed by atoms with Gasteiger partial charge in [-0.2, -0.15) is 0 Å². The van der Waals surface area contributed by atoms with E-state index in [4.69, 9.17) is 4.42 Å². The number of phenolic OH excluding ortho intramolecular Hbond substituents is 1. The Kier molecular flexibility index (Phi) is 6.75. The normalized spacial score (nSPS) is 21.1. The standard InChI is InChI=1S/C29H36N2O3/c1-20-23-13-14-27(32)25(28(23)34-29(33)24(20)17-21-9-4-3-5-10-21)19-30(2)18-22-11-8-16-31-15-7-6-12-26(22)31/h3-5,9-10,13-14,22,26,32H,6-8,11-12,15-19H2,1-2H3. The second-order valence-corrected chi connectivity index (χ2v) is 10.3. The molecule has 5 nitrogen and oxygen atoms in total. The molecule has 2 aromatic carbocycles. The van der Waals surface area contributed by atoms with E-state index in [2.05, 4.69) is 16.8 Å². The van der Waals surface area contributed by atoms with Gasteiger partial charge in [0.2, 0.25) is 0 Å². The van der Waals surface area contributed by atoms with Crippen molar-refractivity contribution >= 4 is 11.0 Å². The lowest BCUT2D eigenvalue weighted by Gasteiger charge is -2.45. The van der Waals surface area contributed by atoms with Gasteiger partial charge in [-0.05, 0) is 81.9 Å². The molecule has 180 valence electrons. The smallest absolute Gasteiger partial charge is 0.340 e. The van der Waals surface area contributed by atoms with E-state index in [0.717, 1.165) is 23.1 Å². The zero-order chi connectivity index (χ0) is 23.7. The maximum absolute atomic E-state index is 13.0. The van der Waals surface area contributed by atoms with Crippen molar-refractivity contribution in [2.24, 2.45) is 5.92 Å². The molecule has 5 rings (SSSR count). The molecule has 2 atom stereocenters. The summed E-state index contributed by atoms with van der Waals surface area (Å²) in [6.45, 7) is 6.02. The lowest BCUT2D eigenvalue weighted by atomic mass is 9.83. The Balaban J connectivity index is 1.40. The van der Waals surface area contributed by atoms with Crippen molar-refractivity contribution in [3.05, 3.63) is 75.1 Å². The molecule has 34 heavy (non-hydrogen) atoms. The average Bonchev–Trinajstić information content (AvgIpc) is 2.84. The third-order valence-electron chi connectivity index (χ3n) is 7.96. The zero-order valence-electron chi connectivity index (χ0n) is 20.4. The van der Waals surface area contributed by atoms with Gasteiger partial charge < -0.3 is 19.3 Å². The van der Waals surface area contributed by atoms with Gasteiger partial charge >= 0.3 is 5.63 Å². The van der Waals surface area contributed by atoms with E-state index in [1.54, 1.807) is 6.07 Å². The Morgan fingerprint density at radius 1 is 1.03 bits per heavy atom. The van der Waals surface area contributed by atoms with E-state index in [1.165, 1.54) is 45.2 Å². The Bertz CT molecular complexity index is 1200. The number of rotatable bonds is 6. The van der Waals surface area contributed by atoms with Crippen LogP contribution in [0.2, 0.25) is 0 Å². The topological polar surface area (TPSA) is 56.9 Å². The van der Waals surface area contributed by atoms with Crippen molar-refractivity contribution in [2.75, 3.05) is 26.7 Å². The van der Waals surface area contributed by atoms with Gasteiger partial charge in [0.05, 0.1) is 5.56 Å². The van der Waals surface area contributed by atoms with Crippen LogP contribution < -0.4 is 5.63 Å². The fraction of sp³-hybridized carbons (Fsp3) is 0.483.